The molecule has 0 fully saturated rings. The van der Waals surface area contributed by atoms with Gasteiger partial charge in [-0.15, -0.1) is 0 Å². The highest BCUT2D eigenvalue weighted by Gasteiger charge is 2.00. The van der Waals surface area contributed by atoms with Crippen LogP contribution in [-0.4, -0.2) is 29.9 Å². The quantitative estimate of drug-likeness (QED) is 0.124. The zero-order chi connectivity index (χ0) is 23.7. The van der Waals surface area contributed by atoms with Crippen molar-refractivity contribution in [2.24, 2.45) is 0 Å². The summed E-state index contributed by atoms with van der Waals surface area (Å²) in [5.41, 5.74) is -2.98. The number of rotatable bonds is 1. The van der Waals surface area contributed by atoms with Gasteiger partial charge in [-0.05, 0) is 11.1 Å². The molecule has 32 heavy (non-hydrogen) atoms. The molecular formula is C16H14N8O8. The van der Waals surface area contributed by atoms with Gasteiger partial charge in [-0.2, -0.15) is 9.46 Å². The average molecular weight is 446 g/mol. The monoisotopic (exact) mass is 446 g/mol. The minimum Gasteiger partial charge on any atom is -0.619 e. The van der Waals surface area contributed by atoms with Crippen LogP contribution in [-0.2, 0) is 0 Å². The molecule has 4 heterocycles. The molecule has 6 N–H and O–H groups in total. The zero-order valence-corrected chi connectivity index (χ0v) is 15.8. The van der Waals surface area contributed by atoms with Gasteiger partial charge in [0.15, 0.2) is 24.8 Å². The number of aromatic amines is 6. The fourth-order valence-corrected chi connectivity index (χ4v) is 2.02. The fraction of sp³-hybridized carbons (Fsp3) is 0. The van der Waals surface area contributed by atoms with E-state index in [9.17, 15) is 39.2 Å². The molecule has 0 saturated carbocycles. The summed E-state index contributed by atoms with van der Waals surface area (Å²) in [6.07, 6.45) is 5.70. The van der Waals surface area contributed by atoms with E-state index in [0.29, 0.717) is 0 Å². The van der Waals surface area contributed by atoms with Crippen molar-refractivity contribution in [3.8, 4) is 11.1 Å². The molecule has 4 aromatic heterocycles. The van der Waals surface area contributed by atoms with Crippen molar-refractivity contribution < 1.29 is 9.46 Å². The summed E-state index contributed by atoms with van der Waals surface area (Å²) in [6.45, 7) is 0. The number of aromatic nitrogens is 8. The van der Waals surface area contributed by atoms with Crippen LogP contribution in [0, 0.1) is 10.4 Å². The highest BCUT2D eigenvalue weighted by atomic mass is 16.5. The first-order valence-electron chi connectivity index (χ1n) is 8.36. The number of H-pyrrole nitrogens is 6. The van der Waals surface area contributed by atoms with Gasteiger partial charge in [-0.25, -0.2) is 28.8 Å². The van der Waals surface area contributed by atoms with Crippen molar-refractivity contribution in [3.63, 3.8) is 0 Å². The summed E-state index contributed by atoms with van der Waals surface area (Å²) in [7, 11) is 0. The maximum Gasteiger partial charge on any atom is 0.330 e. The van der Waals surface area contributed by atoms with Gasteiger partial charge < -0.3 is 10.4 Å². The lowest BCUT2D eigenvalue weighted by Gasteiger charge is -2.00. The molecule has 166 valence electrons. The van der Waals surface area contributed by atoms with Crippen LogP contribution in [0.3, 0.4) is 0 Å². The number of hydrogen-bond donors (Lipinski definition) is 6. The summed E-state index contributed by atoms with van der Waals surface area (Å²) >= 11 is 0. The van der Waals surface area contributed by atoms with Crippen LogP contribution in [0.2, 0.25) is 0 Å². The van der Waals surface area contributed by atoms with E-state index < -0.39 is 34.1 Å². The molecule has 0 atom stereocenters. The Bertz CT molecular complexity index is 1230. The molecular weight excluding hydrogens is 432 g/mol. The topological polar surface area (TPSA) is 251 Å². The molecule has 0 aliphatic rings. The molecule has 0 amide bonds. The molecule has 16 nitrogen and oxygen atoms in total. The minimum atomic E-state index is -0.802. The second-order valence-electron chi connectivity index (χ2n) is 5.62. The lowest BCUT2D eigenvalue weighted by Crippen LogP contribution is -2.34. The number of nitrogens with zero attached hydrogens (tertiary/aromatic N) is 2. The third kappa shape index (κ3) is 7.62. The maximum absolute atomic E-state index is 10.8. The van der Waals surface area contributed by atoms with Crippen molar-refractivity contribution in [1.29, 1.82) is 0 Å². The molecule has 0 aromatic carbocycles. The summed E-state index contributed by atoms with van der Waals surface area (Å²) < 4.78 is 1.44. The Hall–Kier alpha value is -5.28. The predicted molar refractivity (Wildman–Crippen MR) is 106 cm³/mol. The summed E-state index contributed by atoms with van der Waals surface area (Å²) in [6, 6.07) is 6.82. The van der Waals surface area contributed by atoms with Crippen LogP contribution in [0.25, 0.3) is 11.1 Å². The van der Waals surface area contributed by atoms with Gasteiger partial charge in [0.25, 0.3) is 0 Å². The van der Waals surface area contributed by atoms with E-state index in [1.807, 2.05) is 0 Å². The Balaban J connectivity index is 0.000000178. The van der Waals surface area contributed by atoms with Crippen LogP contribution < -0.4 is 43.6 Å². The van der Waals surface area contributed by atoms with E-state index in [1.165, 1.54) is 24.8 Å². The molecule has 16 heteroatoms. The first-order chi connectivity index (χ1) is 15.1. The third-order valence-electron chi connectivity index (χ3n) is 3.30. The second-order valence-corrected chi connectivity index (χ2v) is 5.62. The zero-order valence-electron chi connectivity index (χ0n) is 15.8. The van der Waals surface area contributed by atoms with Crippen molar-refractivity contribution in [2.75, 3.05) is 0 Å². The molecule has 0 radical (unpaired) electrons. The summed E-state index contributed by atoms with van der Waals surface area (Å²) in [5, 5.41) is 21.5. The predicted octanol–water partition coefficient (Wildman–Crippen LogP) is -3.88. The Morgan fingerprint density at radius 2 is 0.625 bits per heavy atom. The molecule has 0 spiro atoms. The summed E-state index contributed by atoms with van der Waals surface area (Å²) in [5.74, 6) is 0. The molecule has 0 unspecified atom stereocenters. The Morgan fingerprint density at radius 1 is 0.438 bits per heavy atom. The largest absolute Gasteiger partial charge is 0.619 e. The van der Waals surface area contributed by atoms with Crippen LogP contribution >= 0.6 is 0 Å². The number of hydrogen-bond acceptors (Lipinski definition) is 8. The molecule has 4 aromatic rings. The van der Waals surface area contributed by atoms with E-state index in [2.05, 4.69) is 0 Å². The Morgan fingerprint density at radius 3 is 0.812 bits per heavy atom. The number of nitrogens with one attached hydrogen (secondary N) is 6. The molecule has 0 bridgehead atoms. The fourth-order valence-electron chi connectivity index (χ4n) is 2.02. The van der Waals surface area contributed by atoms with E-state index in [4.69, 9.17) is 0 Å². The van der Waals surface area contributed by atoms with Gasteiger partial charge >= 0.3 is 34.1 Å². The van der Waals surface area contributed by atoms with Crippen LogP contribution in [0.1, 0.15) is 0 Å². The van der Waals surface area contributed by atoms with Crippen molar-refractivity contribution >= 4 is 0 Å². The van der Waals surface area contributed by atoms with Gasteiger partial charge in [0, 0.05) is 24.3 Å². The van der Waals surface area contributed by atoms with E-state index in [-0.39, 0.29) is 0 Å². The molecule has 4 rings (SSSR count). The van der Waals surface area contributed by atoms with Gasteiger partial charge in [0.1, 0.15) is 0 Å². The lowest BCUT2D eigenvalue weighted by atomic mass is 10.1. The molecule has 0 saturated heterocycles. The van der Waals surface area contributed by atoms with Crippen LogP contribution in [0.5, 0.6) is 0 Å². The van der Waals surface area contributed by atoms with Gasteiger partial charge in [0.05, 0.1) is 0 Å². The second kappa shape index (κ2) is 10.5. The van der Waals surface area contributed by atoms with Gasteiger partial charge in [-0.3, -0.25) is 29.9 Å². The standard InChI is InChI=1S/C10H8N2O2.2C3H3N3O3/c13-11-5-1-9(2-6-11)10-3-7-12(14)8-4-10;2*7-1-4-2(8)6-3(9)5-1/h1-8H;2*(H3,4,5,6,7,8,9). The first-order valence-corrected chi connectivity index (χ1v) is 8.36. The van der Waals surface area contributed by atoms with Gasteiger partial charge in [-0.1, -0.05) is 0 Å². The maximum atomic E-state index is 10.8. The third-order valence-corrected chi connectivity index (χ3v) is 3.30. The average Bonchev–Trinajstić information content (AvgIpc) is 2.68. The molecule has 0 aliphatic carbocycles. The van der Waals surface area contributed by atoms with Crippen LogP contribution in [0.15, 0.2) is 77.8 Å². The van der Waals surface area contributed by atoms with Crippen molar-refractivity contribution in [2.45, 2.75) is 0 Å². The highest BCUT2D eigenvalue weighted by Crippen LogP contribution is 2.15. The van der Waals surface area contributed by atoms with Crippen molar-refractivity contribution in [3.05, 3.63) is 122 Å². The van der Waals surface area contributed by atoms with Crippen LogP contribution in [0.4, 0.5) is 0 Å². The Labute approximate surface area is 173 Å². The summed E-state index contributed by atoms with van der Waals surface area (Å²) in [4.78, 5) is 71.8. The normalized spacial score (nSPS) is 9.62. The highest BCUT2D eigenvalue weighted by molar-refractivity contribution is 5.60. The Kier molecular flexibility index (Phi) is 7.54. The van der Waals surface area contributed by atoms with E-state index >= 15 is 0 Å². The smallest absolute Gasteiger partial charge is 0.330 e. The van der Waals surface area contributed by atoms with Crippen molar-refractivity contribution in [1.82, 2.24) is 29.9 Å². The molecule has 0 aliphatic heterocycles. The van der Waals surface area contributed by atoms with Gasteiger partial charge in [0.2, 0.25) is 0 Å². The SMILES string of the molecule is O=c1[nH]c(=O)[nH]c(=O)[nH]1.O=c1[nH]c(=O)[nH]c(=O)[nH]1.[O-][n+]1ccc(-c2cc[n+]([O-])cc2)cc1. The van der Waals surface area contributed by atoms with E-state index in [1.54, 1.807) is 54.2 Å². The minimum absolute atomic E-state index is 0.722. The first kappa shape index (κ1) is 23.0. The number of pyridine rings is 2. The lowest BCUT2D eigenvalue weighted by molar-refractivity contribution is -0.605. The van der Waals surface area contributed by atoms with E-state index in [0.717, 1.165) is 20.6 Å².